The van der Waals surface area contributed by atoms with Crippen LogP contribution in [0.25, 0.3) is 0 Å². The lowest BCUT2D eigenvalue weighted by atomic mass is 10.2. The Hall–Kier alpha value is -0.220. The van der Waals surface area contributed by atoms with E-state index >= 15 is 0 Å². The molecule has 14 heavy (non-hydrogen) atoms. The van der Waals surface area contributed by atoms with Crippen LogP contribution >= 0.6 is 11.8 Å². The van der Waals surface area contributed by atoms with Crippen molar-refractivity contribution in [2.24, 2.45) is 0 Å². The Kier molecular flexibility index (Phi) is 7.99. The summed E-state index contributed by atoms with van der Waals surface area (Å²) >= 11 is 1.79. The predicted octanol–water partition coefficient (Wildman–Crippen LogP) is 1.20. The first-order chi connectivity index (χ1) is 6.67. The highest BCUT2D eigenvalue weighted by molar-refractivity contribution is 7.98. The fourth-order valence-corrected chi connectivity index (χ4v) is 2.15. The lowest BCUT2D eigenvalue weighted by molar-refractivity contribution is -0.131. The average Bonchev–Trinajstić information content (AvgIpc) is 2.21. The van der Waals surface area contributed by atoms with E-state index in [2.05, 4.69) is 18.5 Å². The number of hydrogen-bond donors (Lipinski definition) is 1. The zero-order valence-electron chi connectivity index (χ0n) is 9.67. The molecule has 0 aromatic heterocycles. The van der Waals surface area contributed by atoms with Gasteiger partial charge < -0.3 is 10.2 Å². The summed E-state index contributed by atoms with van der Waals surface area (Å²) in [5.74, 6) is 1.26. The molecular formula is C10H22N2OS. The molecule has 0 radical (unpaired) electrons. The van der Waals surface area contributed by atoms with Crippen molar-refractivity contribution < 1.29 is 4.79 Å². The molecule has 0 aromatic rings. The van der Waals surface area contributed by atoms with Crippen molar-refractivity contribution in [3.8, 4) is 0 Å². The molecular weight excluding hydrogens is 196 g/mol. The molecule has 0 aromatic carbocycles. The quantitative estimate of drug-likeness (QED) is 0.697. The van der Waals surface area contributed by atoms with Gasteiger partial charge in [0.25, 0.3) is 0 Å². The van der Waals surface area contributed by atoms with Gasteiger partial charge in [-0.15, -0.1) is 0 Å². The molecule has 1 amide bonds. The molecule has 0 fully saturated rings. The fraction of sp³-hybridized carbons (Fsp3) is 0.900. The van der Waals surface area contributed by atoms with Gasteiger partial charge in [-0.2, -0.15) is 11.8 Å². The third kappa shape index (κ3) is 4.86. The normalized spacial score (nSPS) is 12.6. The first-order valence-electron chi connectivity index (χ1n) is 5.06. The second-order valence-corrected chi connectivity index (χ2v) is 4.29. The molecule has 0 aliphatic rings. The summed E-state index contributed by atoms with van der Waals surface area (Å²) in [4.78, 5) is 13.5. The molecule has 0 bridgehead atoms. The molecule has 0 rings (SSSR count). The van der Waals surface area contributed by atoms with E-state index < -0.39 is 0 Å². The standard InChI is InChI=1S/C10H22N2OS/c1-5-9(8-14-4)12(3)10(13)6-7-11-2/h9,11H,5-8H2,1-4H3. The maximum atomic E-state index is 11.7. The molecule has 4 heteroatoms. The summed E-state index contributed by atoms with van der Waals surface area (Å²) in [6.45, 7) is 2.89. The van der Waals surface area contributed by atoms with Crippen LogP contribution in [0, 0.1) is 0 Å². The maximum absolute atomic E-state index is 11.7. The Balaban J connectivity index is 3.98. The zero-order chi connectivity index (χ0) is 11.0. The highest BCUT2D eigenvalue weighted by Crippen LogP contribution is 2.09. The van der Waals surface area contributed by atoms with Crippen molar-refractivity contribution in [3.05, 3.63) is 0 Å². The van der Waals surface area contributed by atoms with Crippen LogP contribution in [0.2, 0.25) is 0 Å². The molecule has 0 heterocycles. The van der Waals surface area contributed by atoms with Gasteiger partial charge in [-0.3, -0.25) is 4.79 Å². The Morgan fingerprint density at radius 1 is 1.57 bits per heavy atom. The lowest BCUT2D eigenvalue weighted by Gasteiger charge is -2.26. The smallest absolute Gasteiger partial charge is 0.223 e. The molecule has 0 aliphatic heterocycles. The van der Waals surface area contributed by atoms with Gasteiger partial charge in [0.1, 0.15) is 0 Å². The first kappa shape index (κ1) is 13.8. The SMILES string of the molecule is CCC(CSC)N(C)C(=O)CCNC. The molecule has 1 atom stereocenters. The van der Waals surface area contributed by atoms with Crippen LogP contribution in [-0.4, -0.2) is 49.5 Å². The van der Waals surface area contributed by atoms with Gasteiger partial charge in [-0.25, -0.2) is 0 Å². The third-order valence-electron chi connectivity index (χ3n) is 2.36. The van der Waals surface area contributed by atoms with Crippen molar-refractivity contribution in [2.45, 2.75) is 25.8 Å². The van der Waals surface area contributed by atoms with E-state index in [1.165, 1.54) is 0 Å². The fourth-order valence-electron chi connectivity index (χ4n) is 1.31. The third-order valence-corrected chi connectivity index (χ3v) is 3.08. The lowest BCUT2D eigenvalue weighted by Crippen LogP contribution is -2.39. The Morgan fingerprint density at radius 3 is 2.64 bits per heavy atom. The van der Waals surface area contributed by atoms with E-state index in [9.17, 15) is 4.79 Å². The molecule has 0 spiro atoms. The van der Waals surface area contributed by atoms with Crippen LogP contribution in [0.15, 0.2) is 0 Å². The topological polar surface area (TPSA) is 32.3 Å². The highest BCUT2D eigenvalue weighted by atomic mass is 32.2. The van der Waals surface area contributed by atoms with E-state index in [0.29, 0.717) is 12.5 Å². The summed E-state index contributed by atoms with van der Waals surface area (Å²) in [7, 11) is 3.77. The van der Waals surface area contributed by atoms with Crippen molar-refractivity contribution in [2.75, 3.05) is 32.6 Å². The molecule has 1 N–H and O–H groups in total. The number of nitrogens with one attached hydrogen (secondary N) is 1. The summed E-state index contributed by atoms with van der Waals surface area (Å²) in [6, 6.07) is 0.384. The minimum atomic E-state index is 0.236. The van der Waals surface area contributed by atoms with Gasteiger partial charge in [0.05, 0.1) is 0 Å². The molecule has 1 unspecified atom stereocenters. The van der Waals surface area contributed by atoms with Crippen molar-refractivity contribution >= 4 is 17.7 Å². The van der Waals surface area contributed by atoms with Crippen molar-refractivity contribution in [3.63, 3.8) is 0 Å². The van der Waals surface area contributed by atoms with Crippen LogP contribution in [0.1, 0.15) is 19.8 Å². The number of rotatable bonds is 7. The summed E-state index contributed by atoms with van der Waals surface area (Å²) in [5.41, 5.74) is 0. The average molecular weight is 218 g/mol. The maximum Gasteiger partial charge on any atom is 0.223 e. The van der Waals surface area contributed by atoms with Gasteiger partial charge in [0.15, 0.2) is 0 Å². The molecule has 84 valence electrons. The Bertz CT molecular complexity index is 164. The monoisotopic (exact) mass is 218 g/mol. The van der Waals surface area contributed by atoms with Crippen molar-refractivity contribution in [1.29, 1.82) is 0 Å². The van der Waals surface area contributed by atoms with Crippen molar-refractivity contribution in [1.82, 2.24) is 10.2 Å². The number of thioether (sulfide) groups is 1. The van der Waals surface area contributed by atoms with Crippen LogP contribution < -0.4 is 5.32 Å². The number of hydrogen-bond acceptors (Lipinski definition) is 3. The predicted molar refractivity (Wildman–Crippen MR) is 63.8 cm³/mol. The second kappa shape index (κ2) is 8.12. The minimum absolute atomic E-state index is 0.236. The summed E-state index contributed by atoms with van der Waals surface area (Å²) in [5, 5.41) is 2.99. The minimum Gasteiger partial charge on any atom is -0.342 e. The molecule has 0 aliphatic carbocycles. The number of amides is 1. The number of carbonyl (C=O) groups excluding carboxylic acids is 1. The zero-order valence-corrected chi connectivity index (χ0v) is 10.5. The van der Waals surface area contributed by atoms with Crippen LogP contribution in [-0.2, 0) is 4.79 Å². The first-order valence-corrected chi connectivity index (χ1v) is 6.45. The number of nitrogens with zero attached hydrogens (tertiary/aromatic N) is 1. The van der Waals surface area contributed by atoms with Gasteiger partial charge in [-0.05, 0) is 19.7 Å². The molecule has 3 nitrogen and oxygen atoms in total. The summed E-state index contributed by atoms with van der Waals surface area (Å²) < 4.78 is 0. The van der Waals surface area contributed by atoms with Crippen LogP contribution in [0.5, 0.6) is 0 Å². The van der Waals surface area contributed by atoms with E-state index in [0.717, 1.165) is 18.7 Å². The van der Waals surface area contributed by atoms with E-state index in [1.54, 1.807) is 11.8 Å². The highest BCUT2D eigenvalue weighted by Gasteiger charge is 2.16. The van der Waals surface area contributed by atoms with Gasteiger partial charge in [-0.1, -0.05) is 6.92 Å². The number of carbonyl (C=O) groups is 1. The van der Waals surface area contributed by atoms with E-state index in [4.69, 9.17) is 0 Å². The molecule has 0 saturated carbocycles. The Labute approximate surface area is 91.6 Å². The van der Waals surface area contributed by atoms with Gasteiger partial charge in [0, 0.05) is 31.8 Å². The van der Waals surface area contributed by atoms with Gasteiger partial charge >= 0.3 is 0 Å². The largest absolute Gasteiger partial charge is 0.342 e. The summed E-state index contributed by atoms with van der Waals surface area (Å²) in [6.07, 6.45) is 3.70. The van der Waals surface area contributed by atoms with Crippen LogP contribution in [0.4, 0.5) is 0 Å². The van der Waals surface area contributed by atoms with E-state index in [-0.39, 0.29) is 5.91 Å². The second-order valence-electron chi connectivity index (χ2n) is 3.38. The molecule has 0 saturated heterocycles. The Morgan fingerprint density at radius 2 is 2.21 bits per heavy atom. The van der Waals surface area contributed by atoms with Crippen LogP contribution in [0.3, 0.4) is 0 Å². The van der Waals surface area contributed by atoms with E-state index in [1.807, 2.05) is 19.0 Å². The van der Waals surface area contributed by atoms with Gasteiger partial charge in [0.2, 0.25) is 5.91 Å².